The standard InChI is InChI=1S/C14H15NO2/c16-14-5-1-4-11-12(14)6-7-13(11)15-9-10-3-2-8-17-10/h1-5,8,13,15-16H,6-7,9H2. The molecule has 0 saturated heterocycles. The van der Waals surface area contributed by atoms with E-state index in [0.717, 1.165) is 30.7 Å². The zero-order valence-corrected chi connectivity index (χ0v) is 9.52. The molecule has 1 unspecified atom stereocenters. The molecule has 1 aliphatic carbocycles. The van der Waals surface area contributed by atoms with Crippen LogP contribution in [0.5, 0.6) is 5.75 Å². The number of nitrogens with one attached hydrogen (secondary N) is 1. The molecule has 1 atom stereocenters. The van der Waals surface area contributed by atoms with E-state index in [2.05, 4.69) is 11.4 Å². The van der Waals surface area contributed by atoms with Crippen molar-refractivity contribution in [3.8, 4) is 5.75 Å². The van der Waals surface area contributed by atoms with E-state index >= 15 is 0 Å². The molecule has 0 fully saturated rings. The van der Waals surface area contributed by atoms with Crippen molar-refractivity contribution in [3.05, 3.63) is 53.5 Å². The van der Waals surface area contributed by atoms with Crippen LogP contribution in [0.1, 0.15) is 29.3 Å². The van der Waals surface area contributed by atoms with Gasteiger partial charge in [-0.05, 0) is 42.2 Å². The number of hydrogen-bond acceptors (Lipinski definition) is 3. The summed E-state index contributed by atoms with van der Waals surface area (Å²) in [5, 5.41) is 13.2. The number of furan rings is 1. The largest absolute Gasteiger partial charge is 0.508 e. The lowest BCUT2D eigenvalue weighted by atomic mass is 10.1. The first-order valence-corrected chi connectivity index (χ1v) is 5.91. The second kappa shape index (κ2) is 4.26. The Balaban J connectivity index is 1.73. The van der Waals surface area contributed by atoms with Crippen molar-refractivity contribution in [3.63, 3.8) is 0 Å². The minimum absolute atomic E-state index is 0.321. The summed E-state index contributed by atoms with van der Waals surface area (Å²) in [6, 6.07) is 9.93. The van der Waals surface area contributed by atoms with Gasteiger partial charge < -0.3 is 14.8 Å². The summed E-state index contributed by atoms with van der Waals surface area (Å²) in [7, 11) is 0. The first-order chi connectivity index (χ1) is 8.34. The summed E-state index contributed by atoms with van der Waals surface area (Å²) >= 11 is 0. The third-order valence-electron chi connectivity index (χ3n) is 3.35. The molecule has 0 aliphatic heterocycles. The highest BCUT2D eigenvalue weighted by Gasteiger charge is 2.24. The Hall–Kier alpha value is -1.74. The van der Waals surface area contributed by atoms with Gasteiger partial charge in [-0.1, -0.05) is 12.1 Å². The maximum atomic E-state index is 9.76. The van der Waals surface area contributed by atoms with Gasteiger partial charge in [0.2, 0.25) is 0 Å². The molecule has 0 bridgehead atoms. The normalized spacial score (nSPS) is 18.2. The summed E-state index contributed by atoms with van der Waals surface area (Å²) < 4.78 is 5.29. The van der Waals surface area contributed by atoms with E-state index in [1.807, 2.05) is 18.2 Å². The quantitative estimate of drug-likeness (QED) is 0.850. The van der Waals surface area contributed by atoms with Crippen LogP contribution in [0.3, 0.4) is 0 Å². The molecule has 1 aromatic carbocycles. The minimum atomic E-state index is 0.321. The van der Waals surface area contributed by atoms with Gasteiger partial charge in [-0.2, -0.15) is 0 Å². The van der Waals surface area contributed by atoms with Crippen LogP contribution in [0.25, 0.3) is 0 Å². The molecule has 17 heavy (non-hydrogen) atoms. The third-order valence-corrected chi connectivity index (χ3v) is 3.35. The van der Waals surface area contributed by atoms with Gasteiger partial charge in [-0.25, -0.2) is 0 Å². The van der Waals surface area contributed by atoms with E-state index in [-0.39, 0.29) is 0 Å². The Labute approximate surface area is 100 Å². The fourth-order valence-corrected chi connectivity index (χ4v) is 2.48. The van der Waals surface area contributed by atoms with Gasteiger partial charge in [0.05, 0.1) is 12.8 Å². The van der Waals surface area contributed by atoms with Gasteiger partial charge in [-0.15, -0.1) is 0 Å². The molecule has 2 N–H and O–H groups in total. The van der Waals surface area contributed by atoms with Gasteiger partial charge in [0.1, 0.15) is 11.5 Å². The average molecular weight is 229 g/mol. The lowest BCUT2D eigenvalue weighted by molar-refractivity contribution is 0.448. The Morgan fingerprint density at radius 1 is 1.29 bits per heavy atom. The third kappa shape index (κ3) is 1.94. The molecule has 1 aromatic heterocycles. The van der Waals surface area contributed by atoms with Crippen LogP contribution in [0.15, 0.2) is 41.0 Å². The van der Waals surface area contributed by atoms with Gasteiger partial charge >= 0.3 is 0 Å². The van der Waals surface area contributed by atoms with E-state index in [0.29, 0.717) is 11.8 Å². The SMILES string of the molecule is Oc1cccc2c1CCC2NCc1ccco1. The van der Waals surface area contributed by atoms with Gasteiger partial charge in [0.25, 0.3) is 0 Å². The van der Waals surface area contributed by atoms with E-state index in [9.17, 15) is 5.11 Å². The highest BCUT2D eigenvalue weighted by atomic mass is 16.3. The van der Waals surface area contributed by atoms with E-state index in [1.54, 1.807) is 12.3 Å². The Kier molecular flexibility index (Phi) is 2.61. The molecule has 3 nitrogen and oxygen atoms in total. The highest BCUT2D eigenvalue weighted by molar-refractivity contribution is 5.44. The molecule has 0 radical (unpaired) electrons. The van der Waals surface area contributed by atoms with E-state index in [1.165, 1.54) is 5.56 Å². The lowest BCUT2D eigenvalue weighted by Crippen LogP contribution is -2.18. The Morgan fingerprint density at radius 3 is 3.06 bits per heavy atom. The van der Waals surface area contributed by atoms with Crippen LogP contribution in [0.4, 0.5) is 0 Å². The van der Waals surface area contributed by atoms with Gasteiger partial charge in [0, 0.05) is 6.04 Å². The van der Waals surface area contributed by atoms with Crippen LogP contribution in [-0.4, -0.2) is 5.11 Å². The number of rotatable bonds is 3. The maximum Gasteiger partial charge on any atom is 0.119 e. The molecular weight excluding hydrogens is 214 g/mol. The molecule has 0 saturated carbocycles. The lowest BCUT2D eigenvalue weighted by Gasteiger charge is -2.13. The maximum absolute atomic E-state index is 9.76. The predicted octanol–water partition coefficient (Wildman–Crippen LogP) is 2.76. The van der Waals surface area contributed by atoms with Crippen molar-refractivity contribution in [2.45, 2.75) is 25.4 Å². The fraction of sp³-hybridized carbons (Fsp3) is 0.286. The Bertz CT molecular complexity index is 505. The summed E-state index contributed by atoms with van der Waals surface area (Å²) in [6.07, 6.45) is 3.66. The fourth-order valence-electron chi connectivity index (χ4n) is 2.48. The molecule has 1 aliphatic rings. The molecule has 2 aromatic rings. The number of hydrogen-bond donors (Lipinski definition) is 2. The summed E-state index contributed by atoms with van der Waals surface area (Å²) in [6.45, 7) is 0.729. The Morgan fingerprint density at radius 2 is 2.24 bits per heavy atom. The first-order valence-electron chi connectivity index (χ1n) is 5.91. The monoisotopic (exact) mass is 229 g/mol. The predicted molar refractivity (Wildman–Crippen MR) is 64.7 cm³/mol. The van der Waals surface area contributed by atoms with Crippen molar-refractivity contribution >= 4 is 0 Å². The van der Waals surface area contributed by atoms with Crippen LogP contribution >= 0.6 is 0 Å². The first kappa shape index (κ1) is 10.4. The average Bonchev–Trinajstić information content (AvgIpc) is 2.95. The van der Waals surface area contributed by atoms with Crippen molar-refractivity contribution in [2.24, 2.45) is 0 Å². The van der Waals surface area contributed by atoms with Crippen molar-refractivity contribution in [2.75, 3.05) is 0 Å². The number of aromatic hydroxyl groups is 1. The topological polar surface area (TPSA) is 45.4 Å². The van der Waals surface area contributed by atoms with Gasteiger partial charge in [0.15, 0.2) is 0 Å². The summed E-state index contributed by atoms with van der Waals surface area (Å²) in [4.78, 5) is 0. The molecule has 0 amide bonds. The van der Waals surface area contributed by atoms with E-state index < -0.39 is 0 Å². The second-order valence-corrected chi connectivity index (χ2v) is 4.40. The summed E-state index contributed by atoms with van der Waals surface area (Å²) in [5.41, 5.74) is 2.31. The number of phenolic OH excluding ortho intramolecular Hbond substituents is 1. The van der Waals surface area contributed by atoms with E-state index in [4.69, 9.17) is 4.42 Å². The second-order valence-electron chi connectivity index (χ2n) is 4.40. The minimum Gasteiger partial charge on any atom is -0.508 e. The zero-order valence-electron chi connectivity index (χ0n) is 9.52. The molecule has 0 spiro atoms. The molecular formula is C14H15NO2. The highest BCUT2D eigenvalue weighted by Crippen LogP contribution is 2.36. The van der Waals surface area contributed by atoms with Gasteiger partial charge in [-0.3, -0.25) is 0 Å². The molecule has 1 heterocycles. The van der Waals surface area contributed by atoms with Crippen molar-refractivity contribution in [1.82, 2.24) is 5.32 Å². The van der Waals surface area contributed by atoms with Crippen LogP contribution in [0.2, 0.25) is 0 Å². The zero-order chi connectivity index (χ0) is 11.7. The van der Waals surface area contributed by atoms with Crippen LogP contribution in [0, 0.1) is 0 Å². The number of phenols is 1. The van der Waals surface area contributed by atoms with Crippen molar-refractivity contribution in [1.29, 1.82) is 0 Å². The number of benzene rings is 1. The number of fused-ring (bicyclic) bond motifs is 1. The van der Waals surface area contributed by atoms with Crippen LogP contribution in [-0.2, 0) is 13.0 Å². The smallest absolute Gasteiger partial charge is 0.119 e. The molecule has 3 heteroatoms. The molecule has 3 rings (SSSR count). The summed E-state index contributed by atoms with van der Waals surface area (Å²) in [5.74, 6) is 1.36. The van der Waals surface area contributed by atoms with Crippen LogP contribution < -0.4 is 5.32 Å². The molecule has 88 valence electrons. The van der Waals surface area contributed by atoms with Crippen molar-refractivity contribution < 1.29 is 9.52 Å².